The van der Waals surface area contributed by atoms with Crippen LogP contribution >= 0.6 is 0 Å². The van der Waals surface area contributed by atoms with Crippen molar-refractivity contribution in [2.45, 2.75) is 0 Å². The van der Waals surface area contributed by atoms with E-state index in [-0.39, 0.29) is 0 Å². The second-order valence-electron chi connectivity index (χ2n) is 13.3. The summed E-state index contributed by atoms with van der Waals surface area (Å²) in [5, 5.41) is 12.7. The molecule has 0 unspecified atom stereocenters. The highest BCUT2D eigenvalue weighted by atomic mass is 14.2. The molecule has 0 radical (unpaired) electrons. The van der Waals surface area contributed by atoms with Gasteiger partial charge in [0.1, 0.15) is 0 Å². The molecule has 0 aliphatic rings. The predicted octanol–water partition coefficient (Wildman–Crippen LogP) is 14.1. The Labute approximate surface area is 291 Å². The molecule has 10 aromatic rings. The topological polar surface area (TPSA) is 0 Å². The Bertz CT molecular complexity index is 2870. The van der Waals surface area contributed by atoms with E-state index in [4.69, 9.17) is 0 Å². The molecule has 0 nitrogen and oxygen atoms in total. The summed E-state index contributed by atoms with van der Waals surface area (Å²) in [6.07, 6.45) is 0. The van der Waals surface area contributed by atoms with Crippen molar-refractivity contribution in [1.29, 1.82) is 0 Å². The van der Waals surface area contributed by atoms with Crippen molar-refractivity contribution >= 4 is 53.9 Å². The lowest BCUT2D eigenvalue weighted by Gasteiger charge is -2.19. The van der Waals surface area contributed by atoms with Crippen molar-refractivity contribution in [3.63, 3.8) is 0 Å². The van der Waals surface area contributed by atoms with Gasteiger partial charge in [-0.3, -0.25) is 0 Å². The SMILES string of the molecule is c1cc(-c2ccc3ccccc3c2)cc(-c2c3ccccc3c(-c3cccc(-c4cc5ccccc5c5ccccc45)c3)c3ccccc23)c1. The number of hydrogen-bond acceptors (Lipinski definition) is 0. The molecule has 0 amide bonds. The molecule has 10 aromatic carbocycles. The summed E-state index contributed by atoms with van der Waals surface area (Å²) in [5.41, 5.74) is 9.95. The van der Waals surface area contributed by atoms with Crippen LogP contribution in [0.25, 0.3) is 98.4 Å². The Morgan fingerprint density at radius 2 is 0.640 bits per heavy atom. The first-order chi connectivity index (χ1) is 24.8. The molecule has 0 N–H and O–H groups in total. The van der Waals surface area contributed by atoms with E-state index in [1.165, 1.54) is 98.4 Å². The molecule has 232 valence electrons. The highest BCUT2D eigenvalue weighted by Crippen LogP contribution is 2.45. The van der Waals surface area contributed by atoms with Gasteiger partial charge < -0.3 is 0 Å². The second kappa shape index (κ2) is 11.6. The molecule has 0 spiro atoms. The monoisotopic (exact) mass is 632 g/mol. The van der Waals surface area contributed by atoms with Crippen molar-refractivity contribution in [3.8, 4) is 44.5 Å². The fourth-order valence-electron chi connectivity index (χ4n) is 8.11. The molecule has 0 bridgehead atoms. The van der Waals surface area contributed by atoms with Gasteiger partial charge in [0.15, 0.2) is 0 Å². The second-order valence-corrected chi connectivity index (χ2v) is 13.3. The van der Waals surface area contributed by atoms with Crippen LogP contribution in [0.15, 0.2) is 194 Å². The minimum Gasteiger partial charge on any atom is -0.0616 e. The fourth-order valence-corrected chi connectivity index (χ4v) is 8.11. The number of rotatable bonds is 4. The lowest BCUT2D eigenvalue weighted by atomic mass is 9.84. The largest absolute Gasteiger partial charge is 0.0616 e. The van der Waals surface area contributed by atoms with Crippen LogP contribution in [0.1, 0.15) is 0 Å². The van der Waals surface area contributed by atoms with E-state index in [9.17, 15) is 0 Å². The summed E-state index contributed by atoms with van der Waals surface area (Å²) in [7, 11) is 0. The smallest absolute Gasteiger partial charge is 0.00262 e. The third-order valence-electron chi connectivity index (χ3n) is 10.4. The van der Waals surface area contributed by atoms with Crippen molar-refractivity contribution < 1.29 is 0 Å². The highest BCUT2D eigenvalue weighted by molar-refractivity contribution is 6.22. The van der Waals surface area contributed by atoms with Crippen LogP contribution in [-0.2, 0) is 0 Å². The van der Waals surface area contributed by atoms with Gasteiger partial charge in [0.2, 0.25) is 0 Å². The van der Waals surface area contributed by atoms with Crippen molar-refractivity contribution in [1.82, 2.24) is 0 Å². The number of fused-ring (bicyclic) bond motifs is 6. The van der Waals surface area contributed by atoms with Crippen LogP contribution in [0.4, 0.5) is 0 Å². The van der Waals surface area contributed by atoms with Gasteiger partial charge in [0.25, 0.3) is 0 Å². The number of benzene rings is 10. The van der Waals surface area contributed by atoms with Crippen LogP contribution in [0.5, 0.6) is 0 Å². The van der Waals surface area contributed by atoms with E-state index in [1.54, 1.807) is 0 Å². The zero-order chi connectivity index (χ0) is 33.0. The summed E-state index contributed by atoms with van der Waals surface area (Å²) >= 11 is 0. The Morgan fingerprint density at radius 3 is 1.28 bits per heavy atom. The van der Waals surface area contributed by atoms with Crippen LogP contribution in [0.3, 0.4) is 0 Å². The third kappa shape index (κ3) is 4.61. The first-order valence-electron chi connectivity index (χ1n) is 17.3. The van der Waals surface area contributed by atoms with Crippen molar-refractivity contribution in [3.05, 3.63) is 194 Å². The minimum atomic E-state index is 1.22. The van der Waals surface area contributed by atoms with E-state index in [0.29, 0.717) is 0 Å². The molecule has 0 aliphatic carbocycles. The molecule has 0 heteroatoms. The van der Waals surface area contributed by atoms with Crippen LogP contribution in [-0.4, -0.2) is 0 Å². The van der Waals surface area contributed by atoms with Gasteiger partial charge in [-0.2, -0.15) is 0 Å². The van der Waals surface area contributed by atoms with E-state index < -0.39 is 0 Å². The normalized spacial score (nSPS) is 11.6. The maximum absolute atomic E-state index is 2.39. The van der Waals surface area contributed by atoms with E-state index >= 15 is 0 Å². The molecule has 0 saturated heterocycles. The molecule has 0 heterocycles. The van der Waals surface area contributed by atoms with E-state index in [1.807, 2.05) is 0 Å². The zero-order valence-electron chi connectivity index (χ0n) is 27.5. The summed E-state index contributed by atoms with van der Waals surface area (Å²) in [6, 6.07) is 71.4. The first-order valence-corrected chi connectivity index (χ1v) is 17.3. The van der Waals surface area contributed by atoms with Crippen molar-refractivity contribution in [2.75, 3.05) is 0 Å². The zero-order valence-corrected chi connectivity index (χ0v) is 27.5. The average Bonchev–Trinajstić information content (AvgIpc) is 3.19. The van der Waals surface area contributed by atoms with Gasteiger partial charge in [-0.15, -0.1) is 0 Å². The van der Waals surface area contributed by atoms with Crippen LogP contribution < -0.4 is 0 Å². The lowest BCUT2D eigenvalue weighted by Crippen LogP contribution is -1.92. The molecule has 50 heavy (non-hydrogen) atoms. The van der Waals surface area contributed by atoms with Gasteiger partial charge in [-0.05, 0) is 123 Å². The molecular weight excluding hydrogens is 601 g/mol. The van der Waals surface area contributed by atoms with Gasteiger partial charge in [0.05, 0.1) is 0 Å². The summed E-state index contributed by atoms with van der Waals surface area (Å²) < 4.78 is 0. The molecular formula is C50H32. The molecule has 0 fully saturated rings. The maximum Gasteiger partial charge on any atom is -0.00262 e. The van der Waals surface area contributed by atoms with Gasteiger partial charge >= 0.3 is 0 Å². The molecule has 0 atom stereocenters. The molecule has 10 rings (SSSR count). The average molecular weight is 633 g/mol. The predicted molar refractivity (Wildman–Crippen MR) is 216 cm³/mol. The Morgan fingerprint density at radius 1 is 0.200 bits per heavy atom. The lowest BCUT2D eigenvalue weighted by molar-refractivity contribution is 1.62. The molecule has 0 aliphatic heterocycles. The van der Waals surface area contributed by atoms with Crippen LogP contribution in [0.2, 0.25) is 0 Å². The summed E-state index contributed by atoms with van der Waals surface area (Å²) in [4.78, 5) is 0. The maximum atomic E-state index is 2.39. The quantitative estimate of drug-likeness (QED) is 0.134. The molecule has 0 aromatic heterocycles. The van der Waals surface area contributed by atoms with Crippen LogP contribution in [0, 0.1) is 0 Å². The highest BCUT2D eigenvalue weighted by Gasteiger charge is 2.18. The van der Waals surface area contributed by atoms with Gasteiger partial charge in [-0.1, -0.05) is 170 Å². The number of hydrogen-bond donors (Lipinski definition) is 0. The standard InChI is InChI=1S/C50H32/c1-2-14-34-29-36(28-27-33(34)13-1)35-16-11-18-39(30-35)49-44-23-7-9-25-46(44)50(47-26-10-8-24-45(47)49)40-19-12-17-37(31-40)48-32-38-15-3-4-20-41(38)42-21-5-6-22-43(42)48/h1-32H. The van der Waals surface area contributed by atoms with E-state index in [2.05, 4.69) is 194 Å². The van der Waals surface area contributed by atoms with Crippen molar-refractivity contribution in [2.24, 2.45) is 0 Å². The Balaban J connectivity index is 1.19. The molecule has 0 saturated carbocycles. The fraction of sp³-hybridized carbons (Fsp3) is 0. The third-order valence-corrected chi connectivity index (χ3v) is 10.4. The van der Waals surface area contributed by atoms with Gasteiger partial charge in [0, 0.05) is 0 Å². The minimum absolute atomic E-state index is 1.22. The van der Waals surface area contributed by atoms with E-state index in [0.717, 1.165) is 0 Å². The van der Waals surface area contributed by atoms with Gasteiger partial charge in [-0.25, -0.2) is 0 Å². The Hall–Kier alpha value is -6.50. The summed E-state index contributed by atoms with van der Waals surface area (Å²) in [6.45, 7) is 0. The summed E-state index contributed by atoms with van der Waals surface area (Å²) in [5.74, 6) is 0. The first kappa shape index (κ1) is 28.5. The Kier molecular flexibility index (Phi) is 6.60.